The Morgan fingerprint density at radius 2 is 1.00 bits per heavy atom. The summed E-state index contributed by atoms with van der Waals surface area (Å²) in [6, 6.07) is 16.8. The summed E-state index contributed by atoms with van der Waals surface area (Å²) in [5, 5.41) is 21.7. The number of halogens is 2. The third kappa shape index (κ3) is 9.88. The molecule has 0 bridgehead atoms. The summed E-state index contributed by atoms with van der Waals surface area (Å²) in [6.45, 7) is 11.3. The van der Waals surface area contributed by atoms with E-state index in [2.05, 4.69) is 74.9 Å². The zero-order valence-corrected chi connectivity index (χ0v) is 26.7. The largest absolute Gasteiger partial charge is 1.00 e. The number of benzene rings is 2. The van der Waals surface area contributed by atoms with Gasteiger partial charge in [-0.05, 0) is 60.7 Å². The van der Waals surface area contributed by atoms with Crippen LogP contribution in [0.1, 0.15) is 63.5 Å². The fourth-order valence-electron chi connectivity index (χ4n) is 5.64. The molecule has 2 saturated heterocycles. The highest BCUT2D eigenvalue weighted by atomic mass is 35.5. The molecule has 216 valence electrons. The van der Waals surface area contributed by atoms with Gasteiger partial charge in [-0.1, -0.05) is 38.1 Å². The van der Waals surface area contributed by atoms with Gasteiger partial charge in [-0.25, -0.2) is 0 Å². The Morgan fingerprint density at radius 1 is 0.658 bits per heavy atom. The van der Waals surface area contributed by atoms with E-state index in [1.54, 1.807) is 33.3 Å². The van der Waals surface area contributed by atoms with E-state index in [-0.39, 0.29) is 24.8 Å². The van der Waals surface area contributed by atoms with Crippen molar-refractivity contribution in [2.24, 2.45) is 0 Å². The van der Waals surface area contributed by atoms with Gasteiger partial charge in [0.15, 0.2) is 0 Å². The predicted octanol–water partition coefficient (Wildman–Crippen LogP) is -2.62. The Labute approximate surface area is 252 Å². The van der Waals surface area contributed by atoms with Crippen LogP contribution in [0, 0.1) is 0 Å². The molecule has 2 fully saturated rings. The normalized spacial score (nSPS) is 26.8. The molecule has 2 aliphatic rings. The lowest BCUT2D eigenvalue weighted by molar-refractivity contribution is -0.908. The molecule has 4 nitrogen and oxygen atoms in total. The van der Waals surface area contributed by atoms with Crippen LogP contribution in [-0.2, 0) is 11.2 Å². The maximum atomic E-state index is 10.8. The lowest BCUT2D eigenvalue weighted by atomic mass is 9.84. The molecule has 0 amide bonds. The zero-order chi connectivity index (χ0) is 26.0. The highest BCUT2D eigenvalue weighted by Crippen LogP contribution is 2.32. The minimum absolute atomic E-state index is 0. The second-order valence-corrected chi connectivity index (χ2v) is 12.3. The quantitative estimate of drug-likeness (QED) is 0.250. The van der Waals surface area contributed by atoms with Crippen LogP contribution in [0.15, 0.2) is 58.3 Å². The van der Waals surface area contributed by atoms with Crippen LogP contribution < -0.4 is 34.6 Å². The second kappa shape index (κ2) is 17.4. The van der Waals surface area contributed by atoms with Crippen LogP contribution in [0.5, 0.6) is 0 Å². The van der Waals surface area contributed by atoms with Crippen LogP contribution in [0.25, 0.3) is 0 Å². The van der Waals surface area contributed by atoms with E-state index in [1.165, 1.54) is 35.7 Å². The SMILES string of the molecule is CCC[NH+]1CCC(O)(c2cccc(SC)c2)CC1.CCC[NH+]1CCC(O)(c2cccc(SC)c2)CC1.[Cl-].[Cl-]. The molecule has 0 unspecified atom stereocenters. The van der Waals surface area contributed by atoms with Gasteiger partial charge in [-0.15, -0.1) is 23.5 Å². The standard InChI is InChI=1S/2C15H23NOS.2ClH/c2*1-3-9-16-10-7-15(17,8-11-16)13-5-4-6-14(12-13)18-2;;/h2*4-6,12,17H,3,7-11H2,1-2H3;2*1H. The summed E-state index contributed by atoms with van der Waals surface area (Å²) in [5.74, 6) is 0. The van der Waals surface area contributed by atoms with Crippen LogP contribution >= 0.6 is 23.5 Å². The number of quaternary nitrogens is 2. The summed E-state index contributed by atoms with van der Waals surface area (Å²) in [7, 11) is 0. The third-order valence-electron chi connectivity index (χ3n) is 7.99. The average Bonchev–Trinajstić information content (AvgIpc) is 2.92. The maximum Gasteiger partial charge on any atom is 0.100 e. The van der Waals surface area contributed by atoms with E-state index in [9.17, 15) is 10.2 Å². The van der Waals surface area contributed by atoms with Crippen LogP contribution in [-0.4, -0.2) is 62.0 Å². The fourth-order valence-corrected chi connectivity index (χ4v) is 6.56. The molecule has 4 rings (SSSR count). The van der Waals surface area contributed by atoms with Gasteiger partial charge in [0.2, 0.25) is 0 Å². The summed E-state index contributed by atoms with van der Waals surface area (Å²) in [4.78, 5) is 5.76. The molecule has 0 atom stereocenters. The Balaban J connectivity index is 0.000000361. The highest BCUT2D eigenvalue weighted by Gasteiger charge is 2.37. The smallest absolute Gasteiger partial charge is 0.100 e. The summed E-state index contributed by atoms with van der Waals surface area (Å²) >= 11 is 3.48. The number of likely N-dealkylation sites (tertiary alicyclic amines) is 2. The first-order chi connectivity index (χ1) is 17.4. The molecule has 0 radical (unpaired) electrons. The van der Waals surface area contributed by atoms with Crippen LogP contribution in [0.4, 0.5) is 0 Å². The molecule has 0 saturated carbocycles. The first-order valence-electron chi connectivity index (χ1n) is 13.8. The van der Waals surface area contributed by atoms with Crippen molar-refractivity contribution in [1.29, 1.82) is 0 Å². The summed E-state index contributed by atoms with van der Waals surface area (Å²) in [6.07, 6.45) is 10.2. The molecular weight excluding hydrogens is 555 g/mol. The van der Waals surface area contributed by atoms with Crippen LogP contribution in [0.3, 0.4) is 0 Å². The molecule has 4 N–H and O–H groups in total. The monoisotopic (exact) mass is 602 g/mol. The van der Waals surface area contributed by atoms with E-state index in [0.29, 0.717) is 0 Å². The fraction of sp³-hybridized carbons (Fsp3) is 0.600. The Bertz CT molecular complexity index is 858. The molecule has 2 aliphatic heterocycles. The van der Waals surface area contributed by atoms with Crippen LogP contribution in [0.2, 0.25) is 0 Å². The molecule has 8 heteroatoms. The van der Waals surface area contributed by atoms with Gasteiger partial charge in [0.1, 0.15) is 11.2 Å². The molecular formula is C30H48Cl2N2O2S2. The topological polar surface area (TPSA) is 49.3 Å². The zero-order valence-electron chi connectivity index (χ0n) is 23.6. The third-order valence-corrected chi connectivity index (χ3v) is 9.44. The molecule has 0 spiro atoms. The predicted molar refractivity (Wildman–Crippen MR) is 154 cm³/mol. The molecule has 2 heterocycles. The number of thioether (sulfide) groups is 2. The van der Waals surface area contributed by atoms with E-state index >= 15 is 0 Å². The summed E-state index contributed by atoms with van der Waals surface area (Å²) in [5.41, 5.74) is 1.01. The van der Waals surface area contributed by atoms with Crippen molar-refractivity contribution < 1.29 is 44.8 Å². The van der Waals surface area contributed by atoms with Gasteiger partial charge < -0.3 is 44.8 Å². The molecule has 2 aromatic rings. The molecule has 38 heavy (non-hydrogen) atoms. The molecule has 0 aliphatic carbocycles. The first-order valence-corrected chi connectivity index (χ1v) is 16.2. The number of nitrogens with one attached hydrogen (secondary N) is 2. The lowest BCUT2D eigenvalue weighted by Crippen LogP contribution is -3.13. The van der Waals surface area contributed by atoms with Gasteiger partial charge in [0, 0.05) is 35.5 Å². The first kappa shape index (κ1) is 35.6. The Kier molecular flexibility index (Phi) is 16.3. The van der Waals surface area contributed by atoms with Gasteiger partial charge in [-0.3, -0.25) is 0 Å². The lowest BCUT2D eigenvalue weighted by Gasteiger charge is -2.36. The van der Waals surface area contributed by atoms with Gasteiger partial charge in [0.05, 0.1) is 39.3 Å². The number of piperidine rings is 2. The summed E-state index contributed by atoms with van der Waals surface area (Å²) < 4.78 is 0. The molecule has 0 aromatic heterocycles. The van der Waals surface area contributed by atoms with Crippen molar-refractivity contribution in [3.05, 3.63) is 59.7 Å². The van der Waals surface area contributed by atoms with E-state index < -0.39 is 11.2 Å². The van der Waals surface area contributed by atoms with E-state index in [1.807, 2.05) is 0 Å². The Morgan fingerprint density at radius 3 is 1.29 bits per heavy atom. The van der Waals surface area contributed by atoms with Gasteiger partial charge >= 0.3 is 0 Å². The average molecular weight is 604 g/mol. The van der Waals surface area contributed by atoms with E-state index in [4.69, 9.17) is 0 Å². The molecule has 2 aromatic carbocycles. The van der Waals surface area contributed by atoms with Crippen molar-refractivity contribution in [3.63, 3.8) is 0 Å². The van der Waals surface area contributed by atoms with Crippen molar-refractivity contribution in [2.45, 2.75) is 73.4 Å². The minimum atomic E-state index is -0.594. The maximum absolute atomic E-state index is 10.8. The van der Waals surface area contributed by atoms with E-state index in [0.717, 1.165) is 63.0 Å². The number of rotatable bonds is 8. The second-order valence-electron chi connectivity index (χ2n) is 10.5. The Hall–Kier alpha value is -0.440. The van der Waals surface area contributed by atoms with Gasteiger partial charge in [-0.2, -0.15) is 0 Å². The number of aliphatic hydroxyl groups is 2. The van der Waals surface area contributed by atoms with Crippen molar-refractivity contribution in [1.82, 2.24) is 0 Å². The number of hydrogen-bond acceptors (Lipinski definition) is 4. The van der Waals surface area contributed by atoms with Gasteiger partial charge in [0.25, 0.3) is 0 Å². The minimum Gasteiger partial charge on any atom is -1.00 e. The number of hydrogen-bond donors (Lipinski definition) is 4. The van der Waals surface area contributed by atoms with Crippen molar-refractivity contribution in [3.8, 4) is 0 Å². The van der Waals surface area contributed by atoms with Crippen molar-refractivity contribution in [2.75, 3.05) is 51.8 Å². The highest BCUT2D eigenvalue weighted by molar-refractivity contribution is 7.98. The van der Waals surface area contributed by atoms with Crippen molar-refractivity contribution >= 4 is 23.5 Å².